The van der Waals surface area contributed by atoms with Gasteiger partial charge in [0.1, 0.15) is 5.65 Å². The molecule has 234 valence electrons. The predicted molar refractivity (Wildman–Crippen MR) is 206 cm³/mol. The van der Waals surface area contributed by atoms with Crippen molar-refractivity contribution >= 4 is 84.5 Å². The topological polar surface area (TPSA) is 51.4 Å². The molecule has 0 aliphatic heterocycles. The van der Waals surface area contributed by atoms with Crippen LogP contribution in [0.3, 0.4) is 0 Å². The summed E-state index contributed by atoms with van der Waals surface area (Å²) in [6, 6.07) is 59.4. The number of hydrogen-bond acceptors (Lipinski definition) is 3. The highest BCUT2D eigenvalue weighted by atomic mass is 31.2. The van der Waals surface area contributed by atoms with Crippen LogP contribution in [-0.2, 0) is 9.13 Å². The van der Waals surface area contributed by atoms with Crippen LogP contribution < -0.4 is 31.8 Å². The molecule has 0 saturated heterocycles. The van der Waals surface area contributed by atoms with Crippen LogP contribution in [0.1, 0.15) is 0 Å². The van der Waals surface area contributed by atoms with E-state index in [1.54, 1.807) is 0 Å². The summed E-state index contributed by atoms with van der Waals surface area (Å²) in [5, 5.41) is 7.50. The van der Waals surface area contributed by atoms with Gasteiger partial charge >= 0.3 is 0 Å². The van der Waals surface area contributed by atoms with E-state index in [1.165, 1.54) is 0 Å². The maximum atomic E-state index is 15.8. The van der Waals surface area contributed by atoms with E-state index < -0.39 is 14.3 Å². The predicted octanol–water partition coefficient (Wildman–Crippen LogP) is 8.07. The summed E-state index contributed by atoms with van der Waals surface area (Å²) in [5.41, 5.74) is 3.27. The number of para-hydroxylation sites is 2. The van der Waals surface area contributed by atoms with E-state index in [1.807, 2.05) is 158 Å². The second kappa shape index (κ2) is 11.6. The first-order valence-electron chi connectivity index (χ1n) is 16.3. The molecule has 9 rings (SSSR count). The maximum absolute atomic E-state index is 15.8. The highest BCUT2D eigenvalue weighted by molar-refractivity contribution is 7.86. The Bertz CT molecular complexity index is 2680. The van der Waals surface area contributed by atoms with Crippen LogP contribution in [0, 0.1) is 0 Å². The Morgan fingerprint density at radius 1 is 0.408 bits per heavy atom. The lowest BCUT2D eigenvalue weighted by atomic mass is 10.1. The average molecular weight is 669 g/mol. The normalized spacial score (nSPS) is 12.2. The molecule has 0 atom stereocenters. The zero-order valence-electron chi connectivity index (χ0n) is 26.4. The molecule has 0 amide bonds. The summed E-state index contributed by atoms with van der Waals surface area (Å²) in [7, 11) is -6.60. The number of fused-ring (bicyclic) bond motifs is 8. The second-order valence-corrected chi connectivity index (χ2v) is 17.7. The van der Waals surface area contributed by atoms with E-state index in [0.29, 0.717) is 0 Å². The largest absolute Gasteiger partial charge is 0.309 e. The number of aromatic nitrogens is 2. The molecule has 6 heteroatoms. The number of pyridine rings is 1. The van der Waals surface area contributed by atoms with Crippen molar-refractivity contribution in [2.75, 3.05) is 0 Å². The Balaban J connectivity index is 1.42. The van der Waals surface area contributed by atoms with Crippen molar-refractivity contribution in [1.82, 2.24) is 9.38 Å². The first kappa shape index (κ1) is 29.6. The molecule has 0 spiro atoms. The quantitative estimate of drug-likeness (QED) is 0.133. The van der Waals surface area contributed by atoms with Gasteiger partial charge in [0.05, 0.1) is 16.6 Å². The third-order valence-electron chi connectivity index (χ3n) is 9.52. The fourth-order valence-corrected chi connectivity index (χ4v) is 12.8. The summed E-state index contributed by atoms with van der Waals surface area (Å²) in [6.07, 6.45) is 0. The van der Waals surface area contributed by atoms with Crippen molar-refractivity contribution in [3.63, 3.8) is 0 Å². The van der Waals surface area contributed by atoms with Gasteiger partial charge in [0, 0.05) is 42.6 Å². The highest BCUT2D eigenvalue weighted by Crippen LogP contribution is 2.46. The average Bonchev–Trinajstić information content (AvgIpc) is 3.59. The molecule has 49 heavy (non-hydrogen) atoms. The van der Waals surface area contributed by atoms with Gasteiger partial charge in [-0.2, -0.15) is 0 Å². The third-order valence-corrected chi connectivity index (χ3v) is 15.7. The van der Waals surface area contributed by atoms with Gasteiger partial charge in [0.2, 0.25) is 0 Å². The summed E-state index contributed by atoms with van der Waals surface area (Å²) in [4.78, 5) is 5.28. The Morgan fingerprint density at radius 2 is 0.918 bits per heavy atom. The molecular weight excluding hydrogens is 638 g/mol. The van der Waals surface area contributed by atoms with Gasteiger partial charge in [0.25, 0.3) is 0 Å². The first-order valence-corrected chi connectivity index (χ1v) is 19.7. The van der Waals surface area contributed by atoms with Gasteiger partial charge in [-0.15, -0.1) is 0 Å². The van der Waals surface area contributed by atoms with Gasteiger partial charge in [0.15, 0.2) is 14.3 Å². The smallest absolute Gasteiger partial charge is 0.173 e. The summed E-state index contributed by atoms with van der Waals surface area (Å²) in [5.74, 6) is 0. The molecule has 4 nitrogen and oxygen atoms in total. The van der Waals surface area contributed by atoms with Gasteiger partial charge in [-0.25, -0.2) is 4.98 Å². The number of rotatable bonds is 6. The summed E-state index contributed by atoms with van der Waals surface area (Å²) >= 11 is 0. The minimum atomic E-state index is -3.35. The van der Waals surface area contributed by atoms with Gasteiger partial charge in [-0.1, -0.05) is 158 Å². The molecule has 0 unspecified atom stereocenters. The maximum Gasteiger partial charge on any atom is 0.173 e. The molecule has 2 aromatic heterocycles. The third kappa shape index (κ3) is 4.49. The number of benzene rings is 7. The lowest BCUT2D eigenvalue weighted by Gasteiger charge is -2.22. The molecule has 9 aromatic rings. The molecule has 0 aliphatic rings. The van der Waals surface area contributed by atoms with Crippen molar-refractivity contribution in [2.45, 2.75) is 0 Å². The fraction of sp³-hybridized carbons (Fsp3) is 0. The number of imidazole rings is 1. The number of nitrogens with zero attached hydrogens (tertiary/aromatic N) is 2. The zero-order valence-corrected chi connectivity index (χ0v) is 28.2. The van der Waals surface area contributed by atoms with Crippen LogP contribution in [-0.4, -0.2) is 9.38 Å². The number of hydrogen-bond donors (Lipinski definition) is 0. The van der Waals surface area contributed by atoms with E-state index in [-0.39, 0.29) is 0 Å². The molecule has 0 bridgehead atoms. The van der Waals surface area contributed by atoms with E-state index >= 15 is 9.13 Å². The van der Waals surface area contributed by atoms with E-state index in [2.05, 4.69) is 28.7 Å². The lowest BCUT2D eigenvalue weighted by molar-refractivity contribution is 0.591. The van der Waals surface area contributed by atoms with Gasteiger partial charge in [-0.05, 0) is 29.7 Å². The molecule has 0 aliphatic carbocycles. The van der Waals surface area contributed by atoms with E-state index in [0.717, 1.165) is 70.2 Å². The van der Waals surface area contributed by atoms with Gasteiger partial charge in [-0.3, -0.25) is 4.40 Å². The molecule has 2 heterocycles. The van der Waals surface area contributed by atoms with Crippen LogP contribution in [0.5, 0.6) is 0 Å². The molecule has 0 saturated carbocycles. The van der Waals surface area contributed by atoms with Crippen LogP contribution in [0.15, 0.2) is 182 Å². The minimum Gasteiger partial charge on any atom is -0.309 e. The highest BCUT2D eigenvalue weighted by Gasteiger charge is 2.34. The van der Waals surface area contributed by atoms with Crippen molar-refractivity contribution in [2.24, 2.45) is 0 Å². The Morgan fingerprint density at radius 3 is 1.49 bits per heavy atom. The Kier molecular flexibility index (Phi) is 6.99. The summed E-state index contributed by atoms with van der Waals surface area (Å²) < 4.78 is 33.4. The first-order chi connectivity index (χ1) is 24.1. The fourth-order valence-electron chi connectivity index (χ4n) is 7.25. The summed E-state index contributed by atoms with van der Waals surface area (Å²) in [6.45, 7) is 0. The van der Waals surface area contributed by atoms with Crippen LogP contribution in [0.25, 0.3) is 38.4 Å². The standard InChI is InChI=1S/C43H30N2O2P2/c46-48(31-16-5-1-6-17-31,32-18-7-2-8-19-32)35-28-29-36-37-24-13-14-26-40(37)45-42-39(44-43(45)38(36)30-35)25-15-27-41(42)49(47,33-20-9-3-10-21-33)34-22-11-4-12-23-34/h1-30H. The molecule has 7 aromatic carbocycles. The van der Waals surface area contributed by atoms with Crippen LogP contribution >= 0.6 is 14.3 Å². The zero-order chi connectivity index (χ0) is 33.0. The van der Waals surface area contributed by atoms with Crippen molar-refractivity contribution in [3.8, 4) is 0 Å². The molecule has 0 radical (unpaired) electrons. The monoisotopic (exact) mass is 668 g/mol. The molecular formula is C43H30N2O2P2. The van der Waals surface area contributed by atoms with Gasteiger partial charge < -0.3 is 9.13 Å². The van der Waals surface area contributed by atoms with Crippen molar-refractivity contribution < 1.29 is 9.13 Å². The van der Waals surface area contributed by atoms with Crippen molar-refractivity contribution in [1.29, 1.82) is 0 Å². The Labute approximate surface area is 284 Å². The van der Waals surface area contributed by atoms with Crippen LogP contribution in [0.2, 0.25) is 0 Å². The van der Waals surface area contributed by atoms with Crippen LogP contribution in [0.4, 0.5) is 0 Å². The second-order valence-electron chi connectivity index (χ2n) is 12.2. The SMILES string of the molecule is O=P(c1ccccc1)(c1ccccc1)c1ccc2c3ccccc3n3c(nc4cccc(P(=O)(c5ccccc5)c5ccccc5)c43)c2c1. The minimum absolute atomic E-state index is 0.731. The lowest BCUT2D eigenvalue weighted by Crippen LogP contribution is -2.26. The molecule has 0 fully saturated rings. The van der Waals surface area contributed by atoms with Crippen molar-refractivity contribution in [3.05, 3.63) is 182 Å². The molecule has 0 N–H and O–H groups in total. The Hall–Kier alpha value is -5.53. The van der Waals surface area contributed by atoms with E-state index in [9.17, 15) is 0 Å². The van der Waals surface area contributed by atoms with E-state index in [4.69, 9.17) is 4.98 Å².